The molecule has 1 aromatic heterocycles. The van der Waals surface area contributed by atoms with Gasteiger partial charge in [-0.15, -0.1) is 22.9 Å². The lowest BCUT2D eigenvalue weighted by Gasteiger charge is -2.16. The predicted molar refractivity (Wildman–Crippen MR) is 91.4 cm³/mol. The maximum atomic E-state index is 12.6. The van der Waals surface area contributed by atoms with Crippen molar-refractivity contribution < 1.29 is 8.42 Å². The van der Waals surface area contributed by atoms with Crippen LogP contribution in [0.1, 0.15) is 16.0 Å². The van der Waals surface area contributed by atoms with E-state index in [2.05, 4.69) is 15.9 Å². The zero-order valence-electron chi connectivity index (χ0n) is 11.6. The van der Waals surface area contributed by atoms with Crippen LogP contribution >= 0.6 is 38.9 Å². The molecule has 0 unspecified atom stereocenters. The van der Waals surface area contributed by atoms with E-state index >= 15 is 0 Å². The van der Waals surface area contributed by atoms with E-state index in [-0.39, 0.29) is 0 Å². The molecule has 0 fully saturated rings. The highest BCUT2D eigenvalue weighted by molar-refractivity contribution is 9.10. The lowest BCUT2D eigenvalue weighted by Crippen LogP contribution is -2.25. The Morgan fingerprint density at radius 3 is 2.43 bits per heavy atom. The van der Waals surface area contributed by atoms with Crippen LogP contribution in [0.25, 0.3) is 0 Å². The van der Waals surface area contributed by atoms with Gasteiger partial charge in [-0.2, -0.15) is 4.31 Å². The van der Waals surface area contributed by atoms with E-state index in [1.165, 1.54) is 15.6 Å². The minimum atomic E-state index is -3.48. The summed E-state index contributed by atoms with van der Waals surface area (Å²) in [5, 5.41) is 0. The molecule has 2 aromatic rings. The van der Waals surface area contributed by atoms with E-state index in [0.717, 1.165) is 20.5 Å². The monoisotopic (exact) mass is 407 g/mol. The number of rotatable bonds is 5. The maximum absolute atomic E-state index is 12.6. The lowest BCUT2D eigenvalue weighted by molar-refractivity contribution is 0.468. The second-order valence-electron chi connectivity index (χ2n) is 4.69. The van der Waals surface area contributed by atoms with Crippen molar-refractivity contribution in [1.82, 2.24) is 4.31 Å². The van der Waals surface area contributed by atoms with Crippen molar-refractivity contribution in [2.75, 3.05) is 7.05 Å². The molecule has 0 saturated heterocycles. The van der Waals surface area contributed by atoms with Gasteiger partial charge in [-0.05, 0) is 36.2 Å². The first-order chi connectivity index (χ1) is 9.84. The van der Waals surface area contributed by atoms with Crippen LogP contribution < -0.4 is 0 Å². The van der Waals surface area contributed by atoms with E-state index in [1.807, 2.05) is 31.2 Å². The maximum Gasteiger partial charge on any atom is 0.252 e. The normalized spacial score (nSPS) is 12.0. The summed E-state index contributed by atoms with van der Waals surface area (Å²) in [4.78, 5) is 0.896. The van der Waals surface area contributed by atoms with Crippen LogP contribution in [0.3, 0.4) is 0 Å². The van der Waals surface area contributed by atoms with Crippen molar-refractivity contribution in [3.8, 4) is 0 Å². The first-order valence-corrected chi connectivity index (χ1v) is 9.79. The average molecular weight is 409 g/mol. The summed E-state index contributed by atoms with van der Waals surface area (Å²) in [5.74, 6) is 0.336. The van der Waals surface area contributed by atoms with Gasteiger partial charge < -0.3 is 0 Å². The second kappa shape index (κ2) is 6.79. The van der Waals surface area contributed by atoms with Gasteiger partial charge in [0.1, 0.15) is 4.21 Å². The van der Waals surface area contributed by atoms with Gasteiger partial charge >= 0.3 is 0 Å². The average Bonchev–Trinajstić information content (AvgIpc) is 2.83. The van der Waals surface area contributed by atoms with Crippen LogP contribution in [0.15, 0.2) is 39.0 Å². The molecular weight excluding hydrogens is 394 g/mol. The third kappa shape index (κ3) is 3.87. The number of benzene rings is 1. The van der Waals surface area contributed by atoms with Crippen LogP contribution in [-0.4, -0.2) is 19.8 Å². The fourth-order valence-corrected chi connectivity index (χ4v) is 5.28. The largest absolute Gasteiger partial charge is 0.252 e. The molecule has 0 spiro atoms. The van der Waals surface area contributed by atoms with Crippen LogP contribution in [0, 0.1) is 6.92 Å². The molecule has 0 bridgehead atoms. The topological polar surface area (TPSA) is 37.4 Å². The second-order valence-corrected chi connectivity index (χ2v) is 9.28. The van der Waals surface area contributed by atoms with Crippen LogP contribution in [0.4, 0.5) is 0 Å². The van der Waals surface area contributed by atoms with Crippen LogP contribution in [0.2, 0.25) is 0 Å². The third-order valence-corrected chi connectivity index (χ3v) is 7.55. The fraction of sp³-hybridized carbons (Fsp3) is 0.286. The predicted octanol–water partition coefficient (Wildman–Crippen LogP) is 4.38. The van der Waals surface area contributed by atoms with Crippen molar-refractivity contribution in [1.29, 1.82) is 0 Å². The smallest absolute Gasteiger partial charge is 0.206 e. The Bertz CT molecular complexity index is 726. The molecule has 0 aliphatic heterocycles. The Labute approximate surface area is 142 Å². The molecule has 0 aliphatic rings. The molecule has 1 heterocycles. The van der Waals surface area contributed by atoms with E-state index in [0.29, 0.717) is 16.6 Å². The van der Waals surface area contributed by atoms with E-state index in [1.54, 1.807) is 13.1 Å². The fourth-order valence-electron chi connectivity index (χ4n) is 1.83. The SMILES string of the molecule is Cc1cc(S(=O)(=O)N(C)Cc2ccc(Br)cc2)sc1CCl. The molecule has 0 N–H and O–H groups in total. The lowest BCUT2D eigenvalue weighted by atomic mass is 10.2. The summed E-state index contributed by atoms with van der Waals surface area (Å²) >= 11 is 10.4. The number of hydrogen-bond acceptors (Lipinski definition) is 3. The van der Waals surface area contributed by atoms with Gasteiger partial charge in [0, 0.05) is 22.9 Å². The molecule has 0 amide bonds. The van der Waals surface area contributed by atoms with Crippen LogP contribution in [0.5, 0.6) is 0 Å². The Morgan fingerprint density at radius 1 is 1.29 bits per heavy atom. The zero-order chi connectivity index (χ0) is 15.6. The highest BCUT2D eigenvalue weighted by atomic mass is 79.9. The summed E-state index contributed by atoms with van der Waals surface area (Å²) in [7, 11) is -1.89. The number of alkyl halides is 1. The Hall–Kier alpha value is -0.400. The van der Waals surface area contributed by atoms with Gasteiger partial charge in [0.25, 0.3) is 10.0 Å². The Kier molecular flexibility index (Phi) is 5.48. The summed E-state index contributed by atoms with van der Waals surface area (Å²) in [6, 6.07) is 9.29. The van der Waals surface area contributed by atoms with Crippen molar-refractivity contribution in [3.05, 3.63) is 50.8 Å². The number of hydrogen-bond donors (Lipinski definition) is 0. The summed E-state index contributed by atoms with van der Waals surface area (Å²) in [6.45, 7) is 2.21. The molecule has 2 rings (SSSR count). The standard InChI is InChI=1S/C14H15BrClNO2S2/c1-10-7-14(20-13(10)8-16)21(18,19)17(2)9-11-3-5-12(15)6-4-11/h3-7H,8-9H2,1-2H3. The Morgan fingerprint density at radius 2 is 1.90 bits per heavy atom. The van der Waals surface area contributed by atoms with Crippen molar-refractivity contribution in [2.24, 2.45) is 0 Å². The molecule has 0 radical (unpaired) electrons. The van der Waals surface area contributed by atoms with Gasteiger partial charge in [0.15, 0.2) is 0 Å². The van der Waals surface area contributed by atoms with E-state index < -0.39 is 10.0 Å². The number of halogens is 2. The molecule has 1 aromatic carbocycles. The molecule has 0 atom stereocenters. The van der Waals surface area contributed by atoms with Crippen molar-refractivity contribution >= 4 is 48.9 Å². The molecule has 7 heteroatoms. The first-order valence-electron chi connectivity index (χ1n) is 6.20. The summed E-state index contributed by atoms with van der Waals surface area (Å²) in [5.41, 5.74) is 1.86. The molecule has 0 saturated carbocycles. The van der Waals surface area contributed by atoms with Gasteiger partial charge in [-0.25, -0.2) is 8.42 Å². The number of aryl methyl sites for hydroxylation is 1. The van der Waals surface area contributed by atoms with Gasteiger partial charge in [-0.3, -0.25) is 0 Å². The number of nitrogens with zero attached hydrogens (tertiary/aromatic N) is 1. The van der Waals surface area contributed by atoms with Crippen molar-refractivity contribution in [2.45, 2.75) is 23.6 Å². The highest BCUT2D eigenvalue weighted by Crippen LogP contribution is 2.29. The van der Waals surface area contributed by atoms with Crippen molar-refractivity contribution in [3.63, 3.8) is 0 Å². The summed E-state index contributed by atoms with van der Waals surface area (Å²) in [6.07, 6.45) is 0. The third-order valence-electron chi connectivity index (χ3n) is 3.10. The van der Waals surface area contributed by atoms with E-state index in [4.69, 9.17) is 11.6 Å². The molecular formula is C14H15BrClNO2S2. The zero-order valence-corrected chi connectivity index (χ0v) is 15.6. The minimum Gasteiger partial charge on any atom is -0.206 e. The molecule has 3 nitrogen and oxygen atoms in total. The quantitative estimate of drug-likeness (QED) is 0.689. The number of sulfonamides is 1. The van der Waals surface area contributed by atoms with E-state index in [9.17, 15) is 8.42 Å². The molecule has 0 aliphatic carbocycles. The molecule has 114 valence electrons. The van der Waals surface area contributed by atoms with Gasteiger partial charge in [0.2, 0.25) is 0 Å². The van der Waals surface area contributed by atoms with Gasteiger partial charge in [0.05, 0.1) is 5.88 Å². The van der Waals surface area contributed by atoms with Gasteiger partial charge in [-0.1, -0.05) is 28.1 Å². The number of thiophene rings is 1. The Balaban J connectivity index is 2.23. The summed E-state index contributed by atoms with van der Waals surface area (Å²) < 4.78 is 27.8. The van der Waals surface area contributed by atoms with Crippen LogP contribution in [-0.2, 0) is 22.4 Å². The highest BCUT2D eigenvalue weighted by Gasteiger charge is 2.24. The minimum absolute atomic E-state index is 0.336. The first kappa shape index (κ1) is 17.0. The molecule has 21 heavy (non-hydrogen) atoms.